The van der Waals surface area contributed by atoms with Gasteiger partial charge in [0.05, 0.1) is 6.21 Å². The van der Waals surface area contributed by atoms with Gasteiger partial charge >= 0.3 is 5.97 Å². The van der Waals surface area contributed by atoms with E-state index in [1.165, 1.54) is 12.3 Å². The molecule has 0 saturated heterocycles. The third-order valence-electron chi connectivity index (χ3n) is 5.04. The van der Waals surface area contributed by atoms with Crippen LogP contribution in [-0.2, 0) is 9.59 Å². The van der Waals surface area contributed by atoms with Gasteiger partial charge < -0.3 is 9.47 Å². The Morgan fingerprint density at radius 2 is 1.31 bits per heavy atom. The highest BCUT2D eigenvalue weighted by Crippen LogP contribution is 2.22. The molecule has 178 valence electrons. The van der Waals surface area contributed by atoms with Crippen molar-refractivity contribution >= 4 is 24.2 Å². The van der Waals surface area contributed by atoms with Crippen molar-refractivity contribution in [1.82, 2.24) is 5.43 Å². The third-order valence-corrected chi connectivity index (χ3v) is 5.04. The number of benzene rings is 4. The molecule has 1 amide bonds. The van der Waals surface area contributed by atoms with Crippen molar-refractivity contribution in [3.63, 3.8) is 0 Å². The largest absolute Gasteiger partial charge is 0.484 e. The summed E-state index contributed by atoms with van der Waals surface area (Å²) in [5, 5.41) is 3.94. The fourth-order valence-electron chi connectivity index (χ4n) is 3.23. The third kappa shape index (κ3) is 7.53. The summed E-state index contributed by atoms with van der Waals surface area (Å²) in [7, 11) is 0. The minimum Gasteiger partial charge on any atom is -0.484 e. The van der Waals surface area contributed by atoms with E-state index < -0.39 is 5.97 Å². The van der Waals surface area contributed by atoms with Gasteiger partial charge in [-0.05, 0) is 64.7 Å². The first-order valence-corrected chi connectivity index (χ1v) is 11.3. The van der Waals surface area contributed by atoms with E-state index in [0.29, 0.717) is 11.5 Å². The van der Waals surface area contributed by atoms with Gasteiger partial charge in [0.15, 0.2) is 6.61 Å². The van der Waals surface area contributed by atoms with Gasteiger partial charge in [-0.3, -0.25) is 4.79 Å². The Labute approximate surface area is 209 Å². The van der Waals surface area contributed by atoms with Crippen molar-refractivity contribution in [3.05, 3.63) is 126 Å². The number of nitrogens with zero attached hydrogens (tertiary/aromatic N) is 1. The second-order valence-electron chi connectivity index (χ2n) is 7.71. The van der Waals surface area contributed by atoms with Gasteiger partial charge in [0.2, 0.25) is 0 Å². The summed E-state index contributed by atoms with van der Waals surface area (Å²) in [4.78, 5) is 24.0. The molecule has 0 aromatic heterocycles. The number of esters is 1. The monoisotopic (exact) mass is 476 g/mol. The Kier molecular flexibility index (Phi) is 8.38. The second-order valence-corrected chi connectivity index (χ2v) is 7.71. The lowest BCUT2D eigenvalue weighted by molar-refractivity contribution is -0.129. The van der Waals surface area contributed by atoms with Crippen molar-refractivity contribution in [1.29, 1.82) is 0 Å². The number of ether oxygens (including phenoxy) is 2. The molecule has 0 radical (unpaired) electrons. The van der Waals surface area contributed by atoms with Gasteiger partial charge in [0.25, 0.3) is 5.91 Å². The Bertz CT molecular complexity index is 1330. The molecule has 0 unspecified atom stereocenters. The standard InChI is InChI=1S/C30H24N2O4/c33-29(22-35-27-18-14-26(15-19-27)25-9-5-2-6-10-25)32-31-21-24-11-16-28(17-12-24)36-30(34)20-13-23-7-3-1-4-8-23/h1-21H,22H2,(H,32,33)/b20-13+,31-21+. The van der Waals surface area contributed by atoms with Crippen molar-refractivity contribution in [3.8, 4) is 22.6 Å². The summed E-state index contributed by atoms with van der Waals surface area (Å²) in [6.45, 7) is -0.159. The number of amides is 1. The van der Waals surface area contributed by atoms with Crippen LogP contribution in [0.4, 0.5) is 0 Å². The first kappa shape index (κ1) is 24.2. The Hall–Kier alpha value is -4.97. The van der Waals surface area contributed by atoms with Gasteiger partial charge in [-0.15, -0.1) is 0 Å². The maximum absolute atomic E-state index is 12.0. The summed E-state index contributed by atoms with van der Waals surface area (Å²) in [6, 6.07) is 33.8. The van der Waals surface area contributed by atoms with E-state index in [0.717, 1.165) is 22.3 Å². The molecule has 0 bridgehead atoms. The van der Waals surface area contributed by atoms with Crippen molar-refractivity contribution in [2.24, 2.45) is 5.10 Å². The summed E-state index contributed by atoms with van der Waals surface area (Å²) >= 11 is 0. The molecule has 0 atom stereocenters. The predicted molar refractivity (Wildman–Crippen MR) is 141 cm³/mol. The molecule has 0 aliphatic heterocycles. The number of nitrogens with one attached hydrogen (secondary N) is 1. The van der Waals surface area contributed by atoms with Crippen LogP contribution in [0.3, 0.4) is 0 Å². The van der Waals surface area contributed by atoms with Crippen molar-refractivity contribution in [2.75, 3.05) is 6.61 Å². The number of hydrazone groups is 1. The van der Waals surface area contributed by atoms with Crippen LogP contribution in [0.5, 0.6) is 11.5 Å². The number of carbonyl (C=O) groups is 2. The smallest absolute Gasteiger partial charge is 0.336 e. The molecule has 4 aromatic rings. The minimum atomic E-state index is -0.470. The van der Waals surface area contributed by atoms with Gasteiger partial charge in [-0.1, -0.05) is 72.8 Å². The van der Waals surface area contributed by atoms with E-state index in [-0.39, 0.29) is 12.5 Å². The lowest BCUT2D eigenvalue weighted by atomic mass is 10.1. The minimum absolute atomic E-state index is 0.159. The van der Waals surface area contributed by atoms with Crippen LogP contribution in [-0.4, -0.2) is 24.7 Å². The van der Waals surface area contributed by atoms with Gasteiger partial charge in [-0.2, -0.15) is 5.10 Å². The summed E-state index contributed by atoms with van der Waals surface area (Å²) in [6.07, 6.45) is 4.56. The van der Waals surface area contributed by atoms with E-state index in [9.17, 15) is 9.59 Å². The SMILES string of the molecule is O=C(COc1ccc(-c2ccccc2)cc1)N/N=C/c1ccc(OC(=O)/C=C/c2ccccc2)cc1. The lowest BCUT2D eigenvalue weighted by Gasteiger charge is -2.06. The zero-order valence-corrected chi connectivity index (χ0v) is 19.4. The lowest BCUT2D eigenvalue weighted by Crippen LogP contribution is -2.24. The maximum Gasteiger partial charge on any atom is 0.336 e. The highest BCUT2D eigenvalue weighted by atomic mass is 16.5. The molecule has 0 aliphatic carbocycles. The molecule has 6 heteroatoms. The maximum atomic E-state index is 12.0. The first-order valence-electron chi connectivity index (χ1n) is 11.3. The highest BCUT2D eigenvalue weighted by molar-refractivity contribution is 5.89. The number of rotatable bonds is 9. The first-order chi connectivity index (χ1) is 17.7. The van der Waals surface area contributed by atoms with Crippen LogP contribution in [0.2, 0.25) is 0 Å². The number of carbonyl (C=O) groups excluding carboxylic acids is 2. The normalized spacial score (nSPS) is 10.9. The van der Waals surface area contributed by atoms with Crippen molar-refractivity contribution < 1.29 is 19.1 Å². The van der Waals surface area contributed by atoms with Crippen LogP contribution in [0.15, 0.2) is 120 Å². The van der Waals surface area contributed by atoms with E-state index in [1.54, 1.807) is 30.3 Å². The van der Waals surface area contributed by atoms with Gasteiger partial charge in [0, 0.05) is 6.08 Å². The van der Waals surface area contributed by atoms with Crippen molar-refractivity contribution in [2.45, 2.75) is 0 Å². The highest BCUT2D eigenvalue weighted by Gasteiger charge is 2.03. The Morgan fingerprint density at radius 1 is 0.694 bits per heavy atom. The fraction of sp³-hybridized carbons (Fsp3) is 0.0333. The van der Waals surface area contributed by atoms with E-state index >= 15 is 0 Å². The molecule has 4 rings (SSSR count). The number of hydrogen-bond donors (Lipinski definition) is 1. The molecule has 0 heterocycles. The van der Waals surface area contributed by atoms with E-state index in [4.69, 9.17) is 9.47 Å². The molecule has 0 aliphatic rings. The molecule has 4 aromatic carbocycles. The average molecular weight is 477 g/mol. The van der Waals surface area contributed by atoms with Crippen LogP contribution in [0.25, 0.3) is 17.2 Å². The predicted octanol–water partition coefficient (Wildman–Crippen LogP) is 5.50. The fourth-order valence-corrected chi connectivity index (χ4v) is 3.23. The molecule has 0 fully saturated rings. The molecule has 6 nitrogen and oxygen atoms in total. The quantitative estimate of drug-likeness (QED) is 0.114. The Balaban J connectivity index is 1.19. The molecule has 36 heavy (non-hydrogen) atoms. The molecule has 0 saturated carbocycles. The summed E-state index contributed by atoms with van der Waals surface area (Å²) in [5.74, 6) is 0.152. The number of hydrogen-bond acceptors (Lipinski definition) is 5. The topological polar surface area (TPSA) is 77.0 Å². The van der Waals surface area contributed by atoms with Crippen LogP contribution < -0.4 is 14.9 Å². The molecular weight excluding hydrogens is 452 g/mol. The van der Waals surface area contributed by atoms with Gasteiger partial charge in [0.1, 0.15) is 11.5 Å². The second kappa shape index (κ2) is 12.5. The molecular formula is C30H24N2O4. The Morgan fingerprint density at radius 3 is 2.00 bits per heavy atom. The molecule has 0 spiro atoms. The zero-order valence-electron chi connectivity index (χ0n) is 19.4. The van der Waals surface area contributed by atoms with E-state index in [2.05, 4.69) is 10.5 Å². The van der Waals surface area contributed by atoms with Crippen LogP contribution in [0.1, 0.15) is 11.1 Å². The average Bonchev–Trinajstić information content (AvgIpc) is 2.93. The molecule has 1 N–H and O–H groups in total. The van der Waals surface area contributed by atoms with Crippen LogP contribution >= 0.6 is 0 Å². The summed E-state index contributed by atoms with van der Waals surface area (Å²) in [5.41, 5.74) is 6.25. The summed E-state index contributed by atoms with van der Waals surface area (Å²) < 4.78 is 10.8. The van der Waals surface area contributed by atoms with Gasteiger partial charge in [-0.25, -0.2) is 10.2 Å². The zero-order chi connectivity index (χ0) is 25.0. The van der Waals surface area contributed by atoms with Crippen LogP contribution in [0, 0.1) is 0 Å². The van der Waals surface area contributed by atoms with E-state index in [1.807, 2.05) is 84.9 Å².